The van der Waals surface area contributed by atoms with Crippen LogP contribution in [0.2, 0.25) is 0 Å². The first-order chi connectivity index (χ1) is 19.9. The van der Waals surface area contributed by atoms with Gasteiger partial charge in [-0.25, -0.2) is 0 Å². The van der Waals surface area contributed by atoms with E-state index >= 15 is 0 Å². The number of halogens is 1. The fraction of sp³-hybridized carbons (Fsp3) is 0.281. The molecule has 0 radical (unpaired) electrons. The number of H-pyrrole nitrogens is 1. The average Bonchev–Trinajstić information content (AvgIpc) is 3.53. The van der Waals surface area contributed by atoms with E-state index in [9.17, 15) is 14.4 Å². The number of carbonyl (C=O) groups is 3. The summed E-state index contributed by atoms with van der Waals surface area (Å²) < 4.78 is 11.7. The van der Waals surface area contributed by atoms with E-state index in [-0.39, 0.29) is 37.4 Å². The maximum absolute atomic E-state index is 13.5. The van der Waals surface area contributed by atoms with Gasteiger partial charge >= 0.3 is 5.97 Å². The van der Waals surface area contributed by atoms with Crippen LogP contribution in [0.5, 0.6) is 5.75 Å². The van der Waals surface area contributed by atoms with Crippen LogP contribution in [-0.2, 0) is 32.1 Å². The third-order valence-corrected chi connectivity index (χ3v) is 8.00. The van der Waals surface area contributed by atoms with Crippen LogP contribution < -0.4 is 10.1 Å². The SMILES string of the molecule is COc1ccccc1COC(=O)C[C@H]1C[C@H](c2ccc(Br)cc2)N(CC(=O)NCCc2c[nH]c3ccccc23)C1=O. The molecule has 2 heterocycles. The number of carbonyl (C=O) groups excluding carboxylic acids is 3. The molecule has 0 aliphatic carbocycles. The molecule has 212 valence electrons. The Morgan fingerprint density at radius 2 is 1.78 bits per heavy atom. The third kappa shape index (κ3) is 6.79. The van der Waals surface area contributed by atoms with Crippen molar-refractivity contribution in [3.8, 4) is 5.75 Å². The minimum atomic E-state index is -0.576. The molecule has 1 aromatic heterocycles. The molecule has 4 aromatic rings. The molecule has 1 aliphatic rings. The van der Waals surface area contributed by atoms with E-state index in [2.05, 4.69) is 32.3 Å². The third-order valence-electron chi connectivity index (χ3n) is 7.47. The second-order valence-corrected chi connectivity index (χ2v) is 11.0. The number of benzene rings is 3. The maximum Gasteiger partial charge on any atom is 0.306 e. The van der Waals surface area contributed by atoms with Crippen molar-refractivity contribution < 1.29 is 23.9 Å². The van der Waals surface area contributed by atoms with Gasteiger partial charge in [-0.1, -0.05) is 64.5 Å². The summed E-state index contributed by atoms with van der Waals surface area (Å²) in [4.78, 5) is 44.1. The smallest absolute Gasteiger partial charge is 0.306 e. The van der Waals surface area contributed by atoms with Gasteiger partial charge in [0.1, 0.15) is 18.9 Å². The molecule has 1 saturated heterocycles. The number of para-hydroxylation sites is 2. The zero-order valence-electron chi connectivity index (χ0n) is 22.8. The molecular formula is C32H32BrN3O5. The number of likely N-dealkylation sites (tertiary alicyclic amines) is 1. The Hall–Kier alpha value is -4.11. The topological polar surface area (TPSA) is 101 Å². The summed E-state index contributed by atoms with van der Waals surface area (Å²) in [6.45, 7) is 0.424. The van der Waals surface area contributed by atoms with Crippen molar-refractivity contribution in [3.63, 3.8) is 0 Å². The maximum atomic E-state index is 13.5. The van der Waals surface area contributed by atoms with E-state index in [1.165, 1.54) is 0 Å². The lowest BCUT2D eigenvalue weighted by Gasteiger charge is -2.24. The van der Waals surface area contributed by atoms with Gasteiger partial charge in [-0.15, -0.1) is 0 Å². The zero-order chi connectivity index (χ0) is 28.8. The number of methoxy groups -OCH3 is 1. The lowest BCUT2D eigenvalue weighted by molar-refractivity contribution is -0.148. The number of amides is 2. The van der Waals surface area contributed by atoms with Crippen LogP contribution in [0.3, 0.4) is 0 Å². The van der Waals surface area contributed by atoms with E-state index < -0.39 is 11.9 Å². The largest absolute Gasteiger partial charge is 0.496 e. The summed E-state index contributed by atoms with van der Waals surface area (Å²) in [6, 6.07) is 22.7. The van der Waals surface area contributed by atoms with E-state index in [1.807, 2.05) is 66.9 Å². The van der Waals surface area contributed by atoms with Gasteiger partial charge in [0.15, 0.2) is 0 Å². The van der Waals surface area contributed by atoms with Crippen LogP contribution in [0.25, 0.3) is 10.9 Å². The van der Waals surface area contributed by atoms with Crippen molar-refractivity contribution >= 4 is 44.6 Å². The monoisotopic (exact) mass is 617 g/mol. The van der Waals surface area contributed by atoms with Crippen molar-refractivity contribution in [2.75, 3.05) is 20.2 Å². The molecular weight excluding hydrogens is 586 g/mol. The Kier molecular flexibility index (Phi) is 9.04. The van der Waals surface area contributed by atoms with Crippen molar-refractivity contribution in [2.45, 2.75) is 31.9 Å². The molecule has 0 saturated carbocycles. The molecule has 3 aromatic carbocycles. The van der Waals surface area contributed by atoms with Gasteiger partial charge in [-0.05, 0) is 48.2 Å². The van der Waals surface area contributed by atoms with E-state index in [0.717, 1.165) is 32.1 Å². The van der Waals surface area contributed by atoms with Crippen LogP contribution in [0.4, 0.5) is 0 Å². The summed E-state index contributed by atoms with van der Waals surface area (Å²) in [7, 11) is 1.56. The standard InChI is InChI=1S/C32H32BrN3O5/c1-40-29-9-5-2-6-23(29)20-41-31(38)17-24-16-28(21-10-12-25(33)13-11-21)36(32(24)39)19-30(37)34-15-14-22-18-35-27-8-4-3-7-26(22)27/h2-13,18,24,28,35H,14-17,19-20H2,1H3,(H,34,37)/t24-,28-/m1/s1. The Labute approximate surface area is 247 Å². The van der Waals surface area contributed by atoms with Crippen LogP contribution in [0.1, 0.15) is 35.6 Å². The second-order valence-electron chi connectivity index (χ2n) is 10.1. The van der Waals surface area contributed by atoms with E-state index in [4.69, 9.17) is 9.47 Å². The normalized spacial score (nSPS) is 16.6. The molecule has 2 atom stereocenters. The highest BCUT2D eigenvalue weighted by Gasteiger charge is 2.42. The van der Waals surface area contributed by atoms with Crippen molar-refractivity contribution in [1.29, 1.82) is 0 Å². The molecule has 1 aliphatic heterocycles. The highest BCUT2D eigenvalue weighted by atomic mass is 79.9. The molecule has 41 heavy (non-hydrogen) atoms. The quantitative estimate of drug-likeness (QED) is 0.222. The van der Waals surface area contributed by atoms with Gasteiger partial charge in [0.05, 0.1) is 25.5 Å². The summed E-state index contributed by atoms with van der Waals surface area (Å²) in [6.07, 6.45) is 3.00. The number of aromatic nitrogens is 1. The number of aromatic amines is 1. The number of nitrogens with zero attached hydrogens (tertiary/aromatic N) is 1. The lowest BCUT2D eigenvalue weighted by atomic mass is 9.97. The Morgan fingerprint density at radius 3 is 2.59 bits per heavy atom. The lowest BCUT2D eigenvalue weighted by Crippen LogP contribution is -2.40. The highest BCUT2D eigenvalue weighted by molar-refractivity contribution is 9.10. The molecule has 1 fully saturated rings. The molecule has 8 nitrogen and oxygen atoms in total. The number of esters is 1. The first-order valence-electron chi connectivity index (χ1n) is 13.6. The van der Waals surface area contributed by atoms with Crippen molar-refractivity contribution in [2.24, 2.45) is 5.92 Å². The minimum Gasteiger partial charge on any atom is -0.496 e. The molecule has 5 rings (SSSR count). The summed E-state index contributed by atoms with van der Waals surface area (Å²) >= 11 is 3.46. The summed E-state index contributed by atoms with van der Waals surface area (Å²) in [5.41, 5.74) is 3.84. The van der Waals surface area contributed by atoms with Crippen LogP contribution in [0.15, 0.2) is 83.5 Å². The predicted octanol–water partition coefficient (Wildman–Crippen LogP) is 5.32. The van der Waals surface area contributed by atoms with Crippen molar-refractivity contribution in [1.82, 2.24) is 15.2 Å². The second kappa shape index (κ2) is 13.0. The number of nitrogens with one attached hydrogen (secondary N) is 2. The average molecular weight is 619 g/mol. The van der Waals surface area contributed by atoms with E-state index in [0.29, 0.717) is 25.1 Å². The van der Waals surface area contributed by atoms with E-state index in [1.54, 1.807) is 18.1 Å². The van der Waals surface area contributed by atoms with Gasteiger partial charge in [0, 0.05) is 33.7 Å². The molecule has 0 spiro atoms. The molecule has 0 unspecified atom stereocenters. The molecule has 2 amide bonds. The van der Waals surface area contributed by atoms with Gasteiger partial charge < -0.3 is 24.7 Å². The van der Waals surface area contributed by atoms with Crippen LogP contribution in [0, 0.1) is 5.92 Å². The molecule has 0 bridgehead atoms. The van der Waals surface area contributed by atoms with Gasteiger partial charge in [0.2, 0.25) is 11.8 Å². The van der Waals surface area contributed by atoms with Gasteiger partial charge in [0.25, 0.3) is 0 Å². The number of rotatable bonds is 11. The Bertz CT molecular complexity index is 1530. The summed E-state index contributed by atoms with van der Waals surface area (Å²) in [5.74, 6) is -0.866. The zero-order valence-corrected chi connectivity index (χ0v) is 24.4. The fourth-order valence-corrected chi connectivity index (χ4v) is 5.64. The summed E-state index contributed by atoms with van der Waals surface area (Å²) in [5, 5.41) is 4.09. The number of hydrogen-bond acceptors (Lipinski definition) is 5. The van der Waals surface area contributed by atoms with Crippen molar-refractivity contribution in [3.05, 3.63) is 100 Å². The van der Waals surface area contributed by atoms with Crippen LogP contribution in [-0.4, -0.2) is 47.9 Å². The number of hydrogen-bond donors (Lipinski definition) is 2. The minimum absolute atomic E-state index is 0.0559. The predicted molar refractivity (Wildman–Crippen MR) is 159 cm³/mol. The number of fused-ring (bicyclic) bond motifs is 1. The Balaban J connectivity index is 1.21. The molecule has 9 heteroatoms. The number of ether oxygens (including phenoxy) is 2. The van der Waals surface area contributed by atoms with Gasteiger partial charge in [-0.2, -0.15) is 0 Å². The first kappa shape index (κ1) is 28.4. The van der Waals surface area contributed by atoms with Gasteiger partial charge in [-0.3, -0.25) is 14.4 Å². The first-order valence-corrected chi connectivity index (χ1v) is 14.4. The Morgan fingerprint density at radius 1 is 1.02 bits per heavy atom. The highest BCUT2D eigenvalue weighted by Crippen LogP contribution is 2.38. The van der Waals surface area contributed by atoms with Crippen LogP contribution >= 0.6 is 15.9 Å². The fourth-order valence-electron chi connectivity index (χ4n) is 5.37. The molecule has 2 N–H and O–H groups in total.